The lowest BCUT2D eigenvalue weighted by Crippen LogP contribution is -2.19. The van der Waals surface area contributed by atoms with Crippen molar-refractivity contribution in [3.05, 3.63) is 77.4 Å². The molecule has 0 aliphatic heterocycles. The zero-order chi connectivity index (χ0) is 18.8. The predicted molar refractivity (Wildman–Crippen MR) is 124 cm³/mol. The fourth-order valence-corrected chi connectivity index (χ4v) is 9.51. The largest absolute Gasteiger partial charge is 0.104 e. The molecule has 0 radical (unpaired) electrons. The number of allylic oxidation sites excluding steroid dienone is 8. The second-order valence-electron chi connectivity index (χ2n) is 7.89. The minimum Gasteiger partial charge on any atom is -0.0839 e. The van der Waals surface area contributed by atoms with E-state index < -0.39 is 7.26 Å². The van der Waals surface area contributed by atoms with Gasteiger partial charge in [0.25, 0.3) is 0 Å². The standard InChI is InChI=1S/C26H36P/c1-2-3-4-5-6-16-23-27(24-17-10-7-11-18-24,25-19-12-8-13-20-25)26-21-14-9-15-22-26/h7-12,14,17-19,21H,2-6,13,15-16,20,22-23H2,1H3/q+1. The van der Waals surface area contributed by atoms with Gasteiger partial charge in [0.15, 0.2) is 0 Å². The molecule has 0 saturated carbocycles. The van der Waals surface area contributed by atoms with E-state index in [-0.39, 0.29) is 0 Å². The van der Waals surface area contributed by atoms with Crippen molar-refractivity contribution in [1.29, 1.82) is 0 Å². The van der Waals surface area contributed by atoms with Gasteiger partial charge in [0.1, 0.15) is 12.6 Å². The fraction of sp³-hybridized carbons (Fsp3) is 0.462. The molecule has 0 bridgehead atoms. The van der Waals surface area contributed by atoms with Crippen LogP contribution in [0.25, 0.3) is 0 Å². The lowest BCUT2D eigenvalue weighted by atomic mass is 10.1. The molecular weight excluding hydrogens is 343 g/mol. The van der Waals surface area contributed by atoms with Crippen LogP contribution in [0.3, 0.4) is 0 Å². The summed E-state index contributed by atoms with van der Waals surface area (Å²) in [5.74, 6) is 0. The highest BCUT2D eigenvalue weighted by atomic mass is 31.2. The first kappa shape index (κ1) is 20.3. The van der Waals surface area contributed by atoms with Gasteiger partial charge in [-0.05, 0) is 50.0 Å². The molecule has 0 fully saturated rings. The van der Waals surface area contributed by atoms with Crippen molar-refractivity contribution in [3.63, 3.8) is 0 Å². The quantitative estimate of drug-likeness (QED) is 0.284. The average Bonchev–Trinajstić information content (AvgIpc) is 2.75. The van der Waals surface area contributed by atoms with Crippen molar-refractivity contribution >= 4 is 12.6 Å². The highest BCUT2D eigenvalue weighted by Crippen LogP contribution is 2.73. The summed E-state index contributed by atoms with van der Waals surface area (Å²) in [7, 11) is -1.44. The summed E-state index contributed by atoms with van der Waals surface area (Å²) in [6.07, 6.45) is 28.8. The highest BCUT2D eigenvalue weighted by molar-refractivity contribution is 7.90. The van der Waals surface area contributed by atoms with Gasteiger partial charge in [-0.15, -0.1) is 0 Å². The van der Waals surface area contributed by atoms with Gasteiger partial charge in [0.2, 0.25) is 0 Å². The van der Waals surface area contributed by atoms with Crippen LogP contribution < -0.4 is 5.30 Å². The molecule has 0 nitrogen and oxygen atoms in total. The van der Waals surface area contributed by atoms with Crippen LogP contribution in [-0.4, -0.2) is 6.16 Å². The number of hydrogen-bond donors (Lipinski definition) is 0. The maximum atomic E-state index is 2.47. The molecule has 0 heterocycles. The Hall–Kier alpha value is -1.39. The summed E-state index contributed by atoms with van der Waals surface area (Å²) >= 11 is 0. The van der Waals surface area contributed by atoms with E-state index in [9.17, 15) is 0 Å². The summed E-state index contributed by atoms with van der Waals surface area (Å²) in [5, 5.41) is 5.10. The van der Waals surface area contributed by atoms with Crippen LogP contribution in [0.5, 0.6) is 0 Å². The molecule has 2 aliphatic carbocycles. The first-order valence-corrected chi connectivity index (χ1v) is 13.0. The van der Waals surface area contributed by atoms with Gasteiger partial charge in [-0.25, -0.2) is 0 Å². The van der Waals surface area contributed by atoms with Crippen molar-refractivity contribution < 1.29 is 0 Å². The van der Waals surface area contributed by atoms with Gasteiger partial charge in [-0.3, -0.25) is 0 Å². The van der Waals surface area contributed by atoms with Crippen LogP contribution in [-0.2, 0) is 0 Å². The lowest BCUT2D eigenvalue weighted by molar-refractivity contribution is 0.626. The normalized spacial score (nSPS) is 16.9. The van der Waals surface area contributed by atoms with Crippen LogP contribution >= 0.6 is 7.26 Å². The fourth-order valence-electron chi connectivity index (χ4n) is 4.56. The van der Waals surface area contributed by atoms with Crippen LogP contribution in [0.2, 0.25) is 0 Å². The summed E-state index contributed by atoms with van der Waals surface area (Å²) in [6, 6.07) is 11.5. The maximum absolute atomic E-state index is 2.47. The second-order valence-corrected chi connectivity index (χ2v) is 11.6. The summed E-state index contributed by atoms with van der Waals surface area (Å²) in [4.78, 5) is 0. The van der Waals surface area contributed by atoms with Gasteiger partial charge in [-0.2, -0.15) is 0 Å². The molecule has 0 amide bonds. The van der Waals surface area contributed by atoms with Crippen molar-refractivity contribution in [3.8, 4) is 0 Å². The summed E-state index contributed by atoms with van der Waals surface area (Å²) in [5.41, 5.74) is 0. The van der Waals surface area contributed by atoms with Gasteiger partial charge in [0, 0.05) is 12.8 Å². The monoisotopic (exact) mass is 379 g/mol. The minimum atomic E-state index is -1.44. The highest BCUT2D eigenvalue weighted by Gasteiger charge is 2.47. The molecule has 27 heavy (non-hydrogen) atoms. The Bertz CT molecular complexity index is 658. The van der Waals surface area contributed by atoms with Crippen LogP contribution in [0.4, 0.5) is 0 Å². The Balaban J connectivity index is 1.92. The molecule has 0 saturated heterocycles. The third kappa shape index (κ3) is 5.11. The number of rotatable bonds is 10. The van der Waals surface area contributed by atoms with Crippen molar-refractivity contribution in [2.75, 3.05) is 6.16 Å². The SMILES string of the molecule is CCCCCCCC[P+](C1=CC=CCC1)(C1=CC=CCC1)c1ccccc1. The van der Waals surface area contributed by atoms with Crippen molar-refractivity contribution in [2.45, 2.75) is 71.1 Å². The van der Waals surface area contributed by atoms with E-state index in [0.717, 1.165) is 0 Å². The van der Waals surface area contributed by atoms with E-state index in [1.165, 1.54) is 70.4 Å². The topological polar surface area (TPSA) is 0 Å². The third-order valence-corrected chi connectivity index (χ3v) is 10.9. The summed E-state index contributed by atoms with van der Waals surface area (Å²) in [6.45, 7) is 2.30. The number of benzene rings is 1. The molecule has 0 N–H and O–H groups in total. The van der Waals surface area contributed by atoms with E-state index in [1.54, 1.807) is 15.9 Å². The average molecular weight is 380 g/mol. The van der Waals surface area contributed by atoms with Gasteiger partial charge in [-0.1, -0.05) is 75.1 Å². The van der Waals surface area contributed by atoms with E-state index in [1.807, 2.05) is 0 Å². The Morgan fingerprint density at radius 3 is 1.89 bits per heavy atom. The Morgan fingerprint density at radius 1 is 0.741 bits per heavy atom. The molecule has 0 aromatic heterocycles. The minimum absolute atomic E-state index is 1.21. The smallest absolute Gasteiger partial charge is 0.0839 e. The predicted octanol–water partition coefficient (Wildman–Crippen LogP) is 8.16. The molecule has 0 spiro atoms. The first-order valence-electron chi connectivity index (χ1n) is 11.0. The molecule has 3 rings (SSSR count). The molecule has 2 aliphatic rings. The number of hydrogen-bond acceptors (Lipinski definition) is 0. The Kier molecular flexibility index (Phi) is 8.15. The molecule has 1 aromatic carbocycles. The van der Waals surface area contributed by atoms with Gasteiger partial charge >= 0.3 is 0 Å². The zero-order valence-electron chi connectivity index (χ0n) is 17.1. The summed E-state index contributed by atoms with van der Waals surface area (Å²) < 4.78 is 0. The molecule has 1 heteroatoms. The van der Waals surface area contributed by atoms with Crippen LogP contribution in [0.15, 0.2) is 77.4 Å². The molecule has 144 valence electrons. The third-order valence-electron chi connectivity index (χ3n) is 6.01. The van der Waals surface area contributed by atoms with E-state index in [4.69, 9.17) is 0 Å². The molecule has 0 atom stereocenters. The van der Waals surface area contributed by atoms with Gasteiger partial charge in [0.05, 0.1) is 16.8 Å². The van der Waals surface area contributed by atoms with E-state index in [0.29, 0.717) is 0 Å². The van der Waals surface area contributed by atoms with E-state index >= 15 is 0 Å². The second kappa shape index (κ2) is 10.8. The van der Waals surface area contributed by atoms with Crippen LogP contribution in [0, 0.1) is 0 Å². The Labute approximate surface area is 167 Å². The molecule has 1 aromatic rings. The van der Waals surface area contributed by atoms with Crippen molar-refractivity contribution in [2.24, 2.45) is 0 Å². The van der Waals surface area contributed by atoms with E-state index in [2.05, 4.69) is 73.7 Å². The lowest BCUT2D eigenvalue weighted by Gasteiger charge is -2.33. The number of unbranched alkanes of at least 4 members (excludes halogenated alkanes) is 5. The molecular formula is C26H36P+. The van der Waals surface area contributed by atoms with Gasteiger partial charge < -0.3 is 0 Å². The zero-order valence-corrected chi connectivity index (χ0v) is 18.0. The first-order chi connectivity index (χ1) is 13.4. The van der Waals surface area contributed by atoms with Crippen molar-refractivity contribution in [1.82, 2.24) is 0 Å². The Morgan fingerprint density at radius 2 is 1.33 bits per heavy atom. The maximum Gasteiger partial charge on any atom is 0.104 e. The van der Waals surface area contributed by atoms with Crippen LogP contribution in [0.1, 0.15) is 71.1 Å². The molecule has 0 unspecified atom stereocenters.